The van der Waals surface area contributed by atoms with Crippen LogP contribution < -0.4 is 4.90 Å². The molecule has 3 heterocycles. The molecule has 0 spiro atoms. The minimum absolute atomic E-state index is 0.130. The van der Waals surface area contributed by atoms with Crippen LogP contribution in [0.1, 0.15) is 24.2 Å². The Balaban J connectivity index is 1.94. The Hall–Kier alpha value is -2.34. The standard InChI is InChI=1S/C16H18N4O2/c1-11-7-20(8-12(2)22-11)16-6-19-15(3-13(16)9-21)14-4-17-10-18-5-14/h3-6,9-12H,7-8H2,1-2H3/t11-,12+. The predicted octanol–water partition coefficient (Wildman–Crippen LogP) is 1.96. The van der Waals surface area contributed by atoms with Crippen molar-refractivity contribution in [2.24, 2.45) is 0 Å². The highest BCUT2D eigenvalue weighted by molar-refractivity contribution is 5.86. The number of aromatic nitrogens is 3. The average Bonchev–Trinajstić information content (AvgIpc) is 2.54. The molecule has 0 saturated carbocycles. The van der Waals surface area contributed by atoms with Gasteiger partial charge in [-0.25, -0.2) is 9.97 Å². The highest BCUT2D eigenvalue weighted by Crippen LogP contribution is 2.26. The normalized spacial score (nSPS) is 21.6. The number of ether oxygens (including phenoxy) is 1. The van der Waals surface area contributed by atoms with Crippen LogP contribution in [-0.4, -0.2) is 46.5 Å². The molecular formula is C16H18N4O2. The molecule has 2 aromatic rings. The van der Waals surface area contributed by atoms with Crippen LogP contribution in [-0.2, 0) is 4.74 Å². The Labute approximate surface area is 129 Å². The number of carbonyl (C=O) groups excluding carboxylic acids is 1. The van der Waals surface area contributed by atoms with Gasteiger partial charge in [-0.2, -0.15) is 0 Å². The molecule has 2 atom stereocenters. The first-order valence-corrected chi connectivity index (χ1v) is 7.28. The number of hydrogen-bond acceptors (Lipinski definition) is 6. The van der Waals surface area contributed by atoms with Crippen molar-refractivity contribution in [2.45, 2.75) is 26.1 Å². The van der Waals surface area contributed by atoms with Gasteiger partial charge in [-0.1, -0.05) is 0 Å². The van der Waals surface area contributed by atoms with Crippen molar-refractivity contribution in [2.75, 3.05) is 18.0 Å². The molecule has 6 nitrogen and oxygen atoms in total. The highest BCUT2D eigenvalue weighted by Gasteiger charge is 2.24. The van der Waals surface area contributed by atoms with Crippen LogP contribution in [0.15, 0.2) is 31.0 Å². The average molecular weight is 298 g/mol. The molecule has 3 rings (SSSR count). The minimum Gasteiger partial charge on any atom is -0.372 e. The van der Waals surface area contributed by atoms with Gasteiger partial charge in [-0.15, -0.1) is 0 Å². The van der Waals surface area contributed by atoms with Gasteiger partial charge in [0, 0.05) is 36.6 Å². The van der Waals surface area contributed by atoms with Crippen LogP contribution in [0.3, 0.4) is 0 Å². The molecule has 2 aromatic heterocycles. The second-order valence-electron chi connectivity index (χ2n) is 5.54. The second-order valence-corrected chi connectivity index (χ2v) is 5.54. The molecule has 0 aliphatic carbocycles. The summed E-state index contributed by atoms with van der Waals surface area (Å²) in [6.45, 7) is 5.57. The largest absolute Gasteiger partial charge is 0.372 e. The quantitative estimate of drug-likeness (QED) is 0.807. The van der Waals surface area contributed by atoms with E-state index >= 15 is 0 Å². The first kappa shape index (κ1) is 14.6. The Bertz CT molecular complexity index is 652. The van der Waals surface area contributed by atoms with Gasteiger partial charge in [0.25, 0.3) is 0 Å². The maximum atomic E-state index is 11.5. The summed E-state index contributed by atoms with van der Waals surface area (Å²) >= 11 is 0. The first-order valence-electron chi connectivity index (χ1n) is 7.28. The van der Waals surface area contributed by atoms with Gasteiger partial charge in [0.1, 0.15) is 6.33 Å². The van der Waals surface area contributed by atoms with Gasteiger partial charge in [-0.3, -0.25) is 9.78 Å². The van der Waals surface area contributed by atoms with Crippen LogP contribution >= 0.6 is 0 Å². The summed E-state index contributed by atoms with van der Waals surface area (Å²) in [5.41, 5.74) is 2.95. The SMILES string of the molecule is C[C@@H]1CN(c2cnc(-c3cncnc3)cc2C=O)C[C@H](C)O1. The summed E-state index contributed by atoms with van der Waals surface area (Å²) < 4.78 is 5.74. The summed E-state index contributed by atoms with van der Waals surface area (Å²) in [6, 6.07) is 1.78. The van der Waals surface area contributed by atoms with E-state index in [0.717, 1.165) is 30.6 Å². The summed E-state index contributed by atoms with van der Waals surface area (Å²) in [4.78, 5) is 26.1. The van der Waals surface area contributed by atoms with Gasteiger partial charge < -0.3 is 9.64 Å². The van der Waals surface area contributed by atoms with Crippen molar-refractivity contribution in [1.29, 1.82) is 0 Å². The second kappa shape index (κ2) is 6.19. The van der Waals surface area contributed by atoms with E-state index in [4.69, 9.17) is 4.74 Å². The molecule has 22 heavy (non-hydrogen) atoms. The Morgan fingerprint density at radius 3 is 2.50 bits per heavy atom. The molecular weight excluding hydrogens is 280 g/mol. The number of rotatable bonds is 3. The Morgan fingerprint density at radius 2 is 1.86 bits per heavy atom. The lowest BCUT2D eigenvalue weighted by Crippen LogP contribution is -2.45. The molecule has 0 radical (unpaired) electrons. The van der Waals surface area contributed by atoms with E-state index in [2.05, 4.69) is 19.9 Å². The maximum Gasteiger partial charge on any atom is 0.152 e. The molecule has 6 heteroatoms. The van der Waals surface area contributed by atoms with Crippen molar-refractivity contribution < 1.29 is 9.53 Å². The van der Waals surface area contributed by atoms with Crippen molar-refractivity contribution in [3.05, 3.63) is 36.5 Å². The summed E-state index contributed by atoms with van der Waals surface area (Å²) in [7, 11) is 0. The van der Waals surface area contributed by atoms with Crippen molar-refractivity contribution >= 4 is 12.0 Å². The van der Waals surface area contributed by atoms with E-state index in [0.29, 0.717) is 11.3 Å². The minimum atomic E-state index is 0.130. The summed E-state index contributed by atoms with van der Waals surface area (Å²) in [5, 5.41) is 0. The zero-order valence-corrected chi connectivity index (χ0v) is 12.6. The molecule has 0 bridgehead atoms. The van der Waals surface area contributed by atoms with Crippen LogP contribution in [0.4, 0.5) is 5.69 Å². The zero-order chi connectivity index (χ0) is 15.5. The van der Waals surface area contributed by atoms with E-state index in [9.17, 15) is 4.79 Å². The van der Waals surface area contributed by atoms with Crippen molar-refractivity contribution in [1.82, 2.24) is 15.0 Å². The van der Waals surface area contributed by atoms with Crippen LogP contribution in [0.2, 0.25) is 0 Å². The molecule has 1 aliphatic heterocycles. The van der Waals surface area contributed by atoms with E-state index < -0.39 is 0 Å². The number of anilines is 1. The lowest BCUT2D eigenvalue weighted by Gasteiger charge is -2.37. The first-order chi connectivity index (χ1) is 10.7. The smallest absolute Gasteiger partial charge is 0.152 e. The zero-order valence-electron chi connectivity index (χ0n) is 12.6. The predicted molar refractivity (Wildman–Crippen MR) is 82.9 cm³/mol. The highest BCUT2D eigenvalue weighted by atomic mass is 16.5. The number of aldehydes is 1. The Kier molecular flexibility index (Phi) is 4.11. The summed E-state index contributed by atoms with van der Waals surface area (Å²) in [5.74, 6) is 0. The fourth-order valence-corrected chi connectivity index (χ4v) is 2.79. The van der Waals surface area contributed by atoms with E-state index in [1.165, 1.54) is 6.33 Å². The third-order valence-electron chi connectivity index (χ3n) is 3.66. The van der Waals surface area contributed by atoms with E-state index in [1.807, 2.05) is 13.8 Å². The fourth-order valence-electron chi connectivity index (χ4n) is 2.79. The Morgan fingerprint density at radius 1 is 1.18 bits per heavy atom. The monoisotopic (exact) mass is 298 g/mol. The lowest BCUT2D eigenvalue weighted by atomic mass is 10.1. The van der Waals surface area contributed by atoms with E-state index in [-0.39, 0.29) is 12.2 Å². The molecule has 1 aliphatic rings. The molecule has 1 saturated heterocycles. The molecule has 0 amide bonds. The van der Waals surface area contributed by atoms with Crippen LogP contribution in [0.25, 0.3) is 11.3 Å². The van der Waals surface area contributed by atoms with Crippen molar-refractivity contribution in [3.63, 3.8) is 0 Å². The van der Waals surface area contributed by atoms with Crippen molar-refractivity contribution in [3.8, 4) is 11.3 Å². The number of pyridine rings is 1. The topological polar surface area (TPSA) is 68.2 Å². The van der Waals surface area contributed by atoms with Crippen LogP contribution in [0, 0.1) is 0 Å². The summed E-state index contributed by atoms with van der Waals surface area (Å²) in [6.07, 6.45) is 7.71. The van der Waals surface area contributed by atoms with Gasteiger partial charge >= 0.3 is 0 Å². The van der Waals surface area contributed by atoms with Gasteiger partial charge in [0.15, 0.2) is 6.29 Å². The van der Waals surface area contributed by atoms with Gasteiger partial charge in [0.2, 0.25) is 0 Å². The van der Waals surface area contributed by atoms with Gasteiger partial charge in [0.05, 0.1) is 29.8 Å². The van der Waals surface area contributed by atoms with E-state index in [1.54, 1.807) is 24.7 Å². The molecule has 0 unspecified atom stereocenters. The lowest BCUT2D eigenvalue weighted by molar-refractivity contribution is -0.00527. The third kappa shape index (κ3) is 2.96. The number of hydrogen-bond donors (Lipinski definition) is 0. The number of morpholine rings is 1. The number of nitrogens with zero attached hydrogens (tertiary/aromatic N) is 4. The molecule has 0 aromatic carbocycles. The molecule has 0 N–H and O–H groups in total. The molecule has 1 fully saturated rings. The van der Waals surface area contributed by atoms with Crippen LogP contribution in [0.5, 0.6) is 0 Å². The number of carbonyl (C=O) groups is 1. The maximum absolute atomic E-state index is 11.5. The fraction of sp³-hybridized carbons (Fsp3) is 0.375. The van der Waals surface area contributed by atoms with Gasteiger partial charge in [-0.05, 0) is 19.9 Å². The molecule has 114 valence electrons. The third-order valence-corrected chi connectivity index (χ3v) is 3.66.